The summed E-state index contributed by atoms with van der Waals surface area (Å²) in [5.41, 5.74) is 2.93. The zero-order valence-electron chi connectivity index (χ0n) is 16.3. The fraction of sp³-hybridized carbons (Fsp3) is 0.381. The highest BCUT2D eigenvalue weighted by Crippen LogP contribution is 2.38. The van der Waals surface area contributed by atoms with Crippen LogP contribution in [0.25, 0.3) is 0 Å². The molecule has 0 saturated carbocycles. The Kier molecular flexibility index (Phi) is 4.90. The number of benzene rings is 2. The second-order valence-electron chi connectivity index (χ2n) is 6.81. The molecule has 2 amide bonds. The third-order valence-corrected chi connectivity index (χ3v) is 5.24. The molecule has 0 fully saturated rings. The number of nitrogens with zero attached hydrogens (tertiary/aromatic N) is 1. The molecular weight excluding hydrogens is 360 g/mol. The summed E-state index contributed by atoms with van der Waals surface area (Å²) in [6, 6.07) is 9.16. The molecule has 7 nitrogen and oxygen atoms in total. The van der Waals surface area contributed by atoms with E-state index < -0.39 is 0 Å². The molecular formula is C21H24N2O5. The third kappa shape index (κ3) is 3.28. The van der Waals surface area contributed by atoms with Gasteiger partial charge in [-0.15, -0.1) is 0 Å². The van der Waals surface area contributed by atoms with E-state index in [1.165, 1.54) is 5.56 Å². The van der Waals surface area contributed by atoms with Crippen molar-refractivity contribution < 1.29 is 23.7 Å². The van der Waals surface area contributed by atoms with Crippen LogP contribution in [0, 0.1) is 0 Å². The molecule has 0 spiro atoms. The molecule has 4 rings (SSSR count). The van der Waals surface area contributed by atoms with Gasteiger partial charge >= 0.3 is 6.03 Å². The number of fused-ring (bicyclic) bond motifs is 2. The lowest BCUT2D eigenvalue weighted by Crippen LogP contribution is -2.41. The minimum atomic E-state index is -0.149. The molecule has 0 aliphatic carbocycles. The minimum absolute atomic E-state index is 0.0826. The number of amides is 2. The zero-order valence-corrected chi connectivity index (χ0v) is 16.3. The number of rotatable bonds is 3. The number of methoxy groups -OCH3 is 2. The van der Waals surface area contributed by atoms with Gasteiger partial charge in [0.25, 0.3) is 0 Å². The van der Waals surface area contributed by atoms with Crippen molar-refractivity contribution in [2.45, 2.75) is 19.4 Å². The predicted octanol–water partition coefficient (Wildman–Crippen LogP) is 3.63. The van der Waals surface area contributed by atoms with Crippen LogP contribution >= 0.6 is 0 Å². The fourth-order valence-corrected chi connectivity index (χ4v) is 3.74. The van der Waals surface area contributed by atoms with Crippen molar-refractivity contribution in [2.24, 2.45) is 0 Å². The summed E-state index contributed by atoms with van der Waals surface area (Å²) in [4.78, 5) is 14.7. The molecule has 148 valence electrons. The van der Waals surface area contributed by atoms with Crippen molar-refractivity contribution in [3.63, 3.8) is 0 Å². The summed E-state index contributed by atoms with van der Waals surface area (Å²) >= 11 is 0. The van der Waals surface area contributed by atoms with Gasteiger partial charge in [-0.05, 0) is 48.7 Å². The minimum Gasteiger partial charge on any atom is -0.493 e. The Labute approximate surface area is 164 Å². The summed E-state index contributed by atoms with van der Waals surface area (Å²) in [6.45, 7) is 3.70. The Hall–Kier alpha value is -3.09. The van der Waals surface area contributed by atoms with Gasteiger partial charge in [0.15, 0.2) is 23.0 Å². The molecule has 0 saturated heterocycles. The van der Waals surface area contributed by atoms with E-state index in [-0.39, 0.29) is 12.1 Å². The molecule has 0 aromatic heterocycles. The lowest BCUT2D eigenvalue weighted by Gasteiger charge is -2.35. The van der Waals surface area contributed by atoms with Gasteiger partial charge in [0.1, 0.15) is 13.2 Å². The van der Waals surface area contributed by atoms with E-state index in [1.807, 2.05) is 36.1 Å². The summed E-state index contributed by atoms with van der Waals surface area (Å²) in [7, 11) is 3.24. The second kappa shape index (κ2) is 7.50. The van der Waals surface area contributed by atoms with Crippen LogP contribution in [-0.4, -0.2) is 44.9 Å². The molecule has 0 bridgehead atoms. The number of urea groups is 1. The maximum absolute atomic E-state index is 12.9. The molecule has 7 heteroatoms. The van der Waals surface area contributed by atoms with Crippen LogP contribution < -0.4 is 24.3 Å². The number of anilines is 1. The molecule has 2 aliphatic rings. The van der Waals surface area contributed by atoms with Gasteiger partial charge in [-0.25, -0.2) is 4.79 Å². The highest BCUT2D eigenvalue weighted by Gasteiger charge is 2.29. The third-order valence-electron chi connectivity index (χ3n) is 5.24. The van der Waals surface area contributed by atoms with Crippen LogP contribution in [0.1, 0.15) is 24.1 Å². The van der Waals surface area contributed by atoms with Crippen LogP contribution in [0.2, 0.25) is 0 Å². The highest BCUT2D eigenvalue weighted by molar-refractivity contribution is 5.90. The van der Waals surface area contributed by atoms with Crippen molar-refractivity contribution in [1.82, 2.24) is 4.90 Å². The maximum Gasteiger partial charge on any atom is 0.322 e. The van der Waals surface area contributed by atoms with Crippen LogP contribution in [0.4, 0.5) is 10.5 Å². The molecule has 2 aliphatic heterocycles. The smallest absolute Gasteiger partial charge is 0.322 e. The van der Waals surface area contributed by atoms with E-state index in [4.69, 9.17) is 18.9 Å². The lowest BCUT2D eigenvalue weighted by atomic mass is 9.93. The van der Waals surface area contributed by atoms with E-state index >= 15 is 0 Å². The van der Waals surface area contributed by atoms with Crippen molar-refractivity contribution in [2.75, 3.05) is 39.3 Å². The largest absolute Gasteiger partial charge is 0.493 e. The molecule has 0 unspecified atom stereocenters. The first-order valence-electron chi connectivity index (χ1n) is 9.32. The number of carbonyl (C=O) groups excluding carboxylic acids is 1. The number of nitrogens with one attached hydrogen (secondary N) is 1. The molecule has 28 heavy (non-hydrogen) atoms. The topological polar surface area (TPSA) is 69.3 Å². The fourth-order valence-electron chi connectivity index (χ4n) is 3.74. The van der Waals surface area contributed by atoms with Crippen LogP contribution in [0.5, 0.6) is 23.0 Å². The molecule has 1 N–H and O–H groups in total. The molecule has 2 aromatic carbocycles. The van der Waals surface area contributed by atoms with Gasteiger partial charge < -0.3 is 29.2 Å². The first-order valence-corrected chi connectivity index (χ1v) is 9.32. The van der Waals surface area contributed by atoms with E-state index in [2.05, 4.69) is 5.32 Å². The number of hydrogen-bond donors (Lipinski definition) is 1. The molecule has 2 aromatic rings. The number of hydrogen-bond acceptors (Lipinski definition) is 5. The Morgan fingerprint density at radius 2 is 1.79 bits per heavy atom. The van der Waals surface area contributed by atoms with Crippen LogP contribution in [0.3, 0.4) is 0 Å². The van der Waals surface area contributed by atoms with Crippen molar-refractivity contribution in [3.05, 3.63) is 41.5 Å². The van der Waals surface area contributed by atoms with Gasteiger partial charge in [-0.2, -0.15) is 0 Å². The summed E-state index contributed by atoms with van der Waals surface area (Å²) < 4.78 is 21.9. The molecule has 1 atom stereocenters. The lowest BCUT2D eigenvalue weighted by molar-refractivity contribution is 0.171. The van der Waals surface area contributed by atoms with Gasteiger partial charge in [0, 0.05) is 18.3 Å². The summed E-state index contributed by atoms with van der Waals surface area (Å²) in [6.07, 6.45) is 0.759. The van der Waals surface area contributed by atoms with Gasteiger partial charge in [0.2, 0.25) is 0 Å². The Bertz CT molecular complexity index is 899. The average Bonchev–Trinajstić information content (AvgIpc) is 2.73. The van der Waals surface area contributed by atoms with Crippen molar-refractivity contribution in [1.29, 1.82) is 0 Å². The quantitative estimate of drug-likeness (QED) is 0.875. The molecule has 0 radical (unpaired) electrons. The van der Waals surface area contributed by atoms with Gasteiger partial charge in [0.05, 0.1) is 20.3 Å². The van der Waals surface area contributed by atoms with E-state index in [1.54, 1.807) is 20.3 Å². The zero-order chi connectivity index (χ0) is 19.7. The maximum atomic E-state index is 12.9. The molecule has 2 heterocycles. The van der Waals surface area contributed by atoms with Crippen LogP contribution in [0.15, 0.2) is 30.3 Å². The number of ether oxygens (including phenoxy) is 4. The van der Waals surface area contributed by atoms with E-state index in [0.717, 1.165) is 12.0 Å². The van der Waals surface area contributed by atoms with Crippen molar-refractivity contribution in [3.8, 4) is 23.0 Å². The second-order valence-corrected chi connectivity index (χ2v) is 6.81. The monoisotopic (exact) mass is 384 g/mol. The Balaban J connectivity index is 1.53. The van der Waals surface area contributed by atoms with E-state index in [0.29, 0.717) is 48.4 Å². The first-order chi connectivity index (χ1) is 13.6. The Morgan fingerprint density at radius 1 is 1.07 bits per heavy atom. The van der Waals surface area contributed by atoms with Crippen molar-refractivity contribution >= 4 is 11.7 Å². The van der Waals surface area contributed by atoms with Gasteiger partial charge in [-0.3, -0.25) is 0 Å². The SMILES string of the molecule is COc1cc2c(cc1OC)[C@@H](C)N(C(=O)Nc1ccc3c(c1)OCCO3)CC2. The Morgan fingerprint density at radius 3 is 2.54 bits per heavy atom. The van der Waals surface area contributed by atoms with Gasteiger partial charge in [-0.1, -0.05) is 0 Å². The standard InChI is InChI=1S/C21H24N2O5/c1-13-16-12-19(26-3)18(25-2)10-14(16)6-7-23(13)21(24)22-15-4-5-17-20(11-15)28-9-8-27-17/h4-5,10-13H,6-9H2,1-3H3,(H,22,24)/t13-/m1/s1. The normalized spacial score (nSPS) is 17.5. The first kappa shape index (κ1) is 18.3. The van der Waals surface area contributed by atoms with Crippen LogP contribution in [-0.2, 0) is 6.42 Å². The summed E-state index contributed by atoms with van der Waals surface area (Å²) in [5, 5.41) is 2.97. The number of carbonyl (C=O) groups is 1. The van der Waals surface area contributed by atoms with E-state index in [9.17, 15) is 4.79 Å². The average molecular weight is 384 g/mol. The summed E-state index contributed by atoms with van der Waals surface area (Å²) in [5.74, 6) is 2.73. The highest BCUT2D eigenvalue weighted by atomic mass is 16.6. The predicted molar refractivity (Wildman–Crippen MR) is 105 cm³/mol.